The van der Waals surface area contributed by atoms with E-state index < -0.39 is 0 Å². The van der Waals surface area contributed by atoms with Crippen LogP contribution >= 0.6 is 0 Å². The maximum atomic E-state index is 11.1. The van der Waals surface area contributed by atoms with Gasteiger partial charge in [-0.1, -0.05) is 121 Å². The van der Waals surface area contributed by atoms with E-state index in [-0.39, 0.29) is 0 Å². The van der Waals surface area contributed by atoms with Gasteiger partial charge in [0.1, 0.15) is 0 Å². The number of aromatic nitrogens is 5. The topological polar surface area (TPSA) is 191 Å². The summed E-state index contributed by atoms with van der Waals surface area (Å²) in [5.74, 6) is 1.30. The second-order valence-electron chi connectivity index (χ2n) is 17.4. The minimum atomic E-state index is 0.370. The summed E-state index contributed by atoms with van der Waals surface area (Å²) < 4.78 is 4.32. The summed E-state index contributed by atoms with van der Waals surface area (Å²) in [6, 6.07) is 75.2. The number of fused-ring (bicyclic) bond motifs is 6. The van der Waals surface area contributed by atoms with Crippen LogP contribution in [0.1, 0.15) is 34.7 Å². The van der Waals surface area contributed by atoms with Crippen molar-refractivity contribution < 1.29 is 0 Å². The van der Waals surface area contributed by atoms with E-state index in [4.69, 9.17) is 20.2 Å². The Kier molecular flexibility index (Phi) is 11.9. The average molecular weight is 958 g/mol. The van der Waals surface area contributed by atoms with Gasteiger partial charge < -0.3 is 9.13 Å². The maximum Gasteiger partial charge on any atom is 0.168 e. The molecule has 0 fully saturated rings. The summed E-state index contributed by atoms with van der Waals surface area (Å²) in [7, 11) is 0. The number of benzene rings is 9. The van der Waals surface area contributed by atoms with Crippen LogP contribution < -0.4 is 0 Å². The van der Waals surface area contributed by atoms with E-state index in [1.54, 1.807) is 30.3 Å². The molecule has 0 aliphatic rings. The van der Waals surface area contributed by atoms with E-state index in [0.717, 1.165) is 65.9 Å². The zero-order chi connectivity index (χ0) is 51.6. The molecule has 0 radical (unpaired) electrons. The molecule has 3 heterocycles. The molecular formula is C64H35N11. The Morgan fingerprint density at radius 2 is 0.720 bits per heavy atom. The van der Waals surface area contributed by atoms with Crippen LogP contribution in [0.15, 0.2) is 194 Å². The van der Waals surface area contributed by atoms with Gasteiger partial charge in [-0.05, 0) is 95.1 Å². The lowest BCUT2D eigenvalue weighted by molar-refractivity contribution is 1.05. The molecule has 0 saturated carbocycles. The minimum Gasteiger partial charge on any atom is -0.308 e. The van der Waals surface area contributed by atoms with Crippen LogP contribution in [0.5, 0.6) is 0 Å². The fourth-order valence-corrected chi connectivity index (χ4v) is 9.89. The van der Waals surface area contributed by atoms with Gasteiger partial charge in [0, 0.05) is 39.6 Å². The molecule has 0 bridgehead atoms. The van der Waals surface area contributed by atoms with Crippen molar-refractivity contribution in [3.63, 3.8) is 0 Å². The summed E-state index contributed by atoms with van der Waals surface area (Å²) in [6.07, 6.45) is 0. The van der Waals surface area contributed by atoms with Gasteiger partial charge >= 0.3 is 0 Å². The summed E-state index contributed by atoms with van der Waals surface area (Å²) in [4.78, 5) is 15.8. The fraction of sp³-hybridized carbons (Fsp3) is 0.0156. The summed E-state index contributed by atoms with van der Waals surface area (Å²) >= 11 is 0. The first kappa shape index (κ1) is 45.9. The van der Waals surface area contributed by atoms with Gasteiger partial charge in [0.05, 0.1) is 103 Å². The number of hydrogen-bond acceptors (Lipinski definition) is 9. The Bertz CT molecular complexity index is 4290. The molecule has 0 N–H and O–H groups in total. The van der Waals surface area contributed by atoms with E-state index in [9.17, 15) is 26.3 Å². The third-order valence-electron chi connectivity index (χ3n) is 13.1. The Labute approximate surface area is 430 Å². The molecule has 0 aliphatic carbocycles. The van der Waals surface area contributed by atoms with E-state index in [0.29, 0.717) is 73.4 Å². The van der Waals surface area contributed by atoms with Crippen molar-refractivity contribution in [1.29, 1.82) is 31.6 Å². The SMILES string of the molecule is CC#N.N#Cc1ccc(-c2ccc3c(c2)c2ccccc2n3-c2cc(C#N)cc(-n3c4ccccc4c4cc(-c5ccc(C#N)cc5C#N)ccc43)c2-c2nc(-c3ccccc3)nc(-c3ccccc3)n2)c(C#N)c1. The third kappa shape index (κ3) is 8.07. The van der Waals surface area contributed by atoms with Gasteiger partial charge in [-0.2, -0.15) is 31.6 Å². The predicted molar refractivity (Wildman–Crippen MR) is 291 cm³/mol. The van der Waals surface area contributed by atoms with Crippen LogP contribution in [0, 0.1) is 68.0 Å². The first-order valence-corrected chi connectivity index (χ1v) is 23.6. The van der Waals surface area contributed by atoms with Crippen molar-refractivity contribution in [2.45, 2.75) is 6.92 Å². The van der Waals surface area contributed by atoms with E-state index in [1.165, 1.54) is 6.92 Å². The number of nitrogens with zero attached hydrogens (tertiary/aromatic N) is 11. The molecule has 0 spiro atoms. The van der Waals surface area contributed by atoms with Crippen molar-refractivity contribution in [1.82, 2.24) is 24.1 Å². The fourth-order valence-electron chi connectivity index (χ4n) is 9.89. The summed E-state index contributed by atoms with van der Waals surface area (Å²) in [5.41, 5.74) is 11.9. The van der Waals surface area contributed by atoms with E-state index in [1.807, 2.05) is 133 Å². The molecule has 0 saturated heterocycles. The van der Waals surface area contributed by atoms with E-state index in [2.05, 4.69) is 75.9 Å². The van der Waals surface area contributed by atoms with Crippen molar-refractivity contribution in [3.05, 3.63) is 222 Å². The number of hydrogen-bond donors (Lipinski definition) is 0. The highest BCUT2D eigenvalue weighted by atomic mass is 15.1. The zero-order valence-electron chi connectivity index (χ0n) is 39.9. The molecule has 0 atom stereocenters. The molecule has 3 aromatic heterocycles. The lowest BCUT2D eigenvalue weighted by Gasteiger charge is -2.20. The van der Waals surface area contributed by atoms with Crippen LogP contribution in [-0.2, 0) is 0 Å². The number of para-hydroxylation sites is 2. The van der Waals surface area contributed by atoms with Gasteiger partial charge in [-0.15, -0.1) is 0 Å². The molecule has 75 heavy (non-hydrogen) atoms. The minimum absolute atomic E-state index is 0.370. The van der Waals surface area contributed by atoms with Crippen molar-refractivity contribution >= 4 is 43.6 Å². The van der Waals surface area contributed by atoms with Gasteiger partial charge in [-0.3, -0.25) is 0 Å². The first-order valence-electron chi connectivity index (χ1n) is 23.6. The molecular weight excluding hydrogens is 923 g/mol. The molecule has 0 amide bonds. The lowest BCUT2D eigenvalue weighted by Crippen LogP contribution is -2.08. The Morgan fingerprint density at radius 1 is 0.333 bits per heavy atom. The normalized spacial score (nSPS) is 10.7. The standard InChI is InChI=1S/C62H32N10.C2H3N/c63-33-38-19-23-47(45(27-38)36-66)43-21-25-55-51(31-43)49-15-7-9-17-53(49)71(55)57-29-40(35-65)30-58(59(57)62-69-60(41-11-3-1-4-12-41)68-61(70-62)42-13-5-2-6-14-42)72-54-18-10-8-16-50(54)52-32-44(22-26-56(52)72)48-24-20-39(34-64)28-46(48)37-67;1-2-3/h1-32H;1H3. The summed E-state index contributed by atoms with van der Waals surface area (Å²) in [5, 5.41) is 61.8. The van der Waals surface area contributed by atoms with Gasteiger partial charge in [-0.25, -0.2) is 15.0 Å². The molecule has 346 valence electrons. The van der Waals surface area contributed by atoms with Crippen molar-refractivity contribution in [2.75, 3.05) is 0 Å². The second-order valence-corrected chi connectivity index (χ2v) is 17.4. The average Bonchev–Trinajstić information content (AvgIpc) is 4.01. The van der Waals surface area contributed by atoms with Gasteiger partial charge in [0.25, 0.3) is 0 Å². The zero-order valence-corrected chi connectivity index (χ0v) is 39.9. The number of nitriles is 6. The molecule has 12 rings (SSSR count). The molecule has 0 unspecified atom stereocenters. The highest BCUT2D eigenvalue weighted by Gasteiger charge is 2.27. The van der Waals surface area contributed by atoms with Crippen LogP contribution in [0.3, 0.4) is 0 Å². The molecule has 12 aromatic rings. The van der Waals surface area contributed by atoms with Crippen LogP contribution in [-0.4, -0.2) is 24.1 Å². The van der Waals surface area contributed by atoms with Crippen LogP contribution in [0.25, 0.3) is 111 Å². The smallest absolute Gasteiger partial charge is 0.168 e. The van der Waals surface area contributed by atoms with Crippen LogP contribution in [0.2, 0.25) is 0 Å². The van der Waals surface area contributed by atoms with Crippen molar-refractivity contribution in [2.24, 2.45) is 0 Å². The Hall–Kier alpha value is -11.5. The van der Waals surface area contributed by atoms with Gasteiger partial charge in [0.2, 0.25) is 0 Å². The van der Waals surface area contributed by atoms with E-state index >= 15 is 0 Å². The predicted octanol–water partition coefficient (Wildman–Crippen LogP) is 14.3. The lowest BCUT2D eigenvalue weighted by atomic mass is 9.97. The quantitative estimate of drug-likeness (QED) is 0.149. The largest absolute Gasteiger partial charge is 0.308 e. The maximum absolute atomic E-state index is 11.1. The van der Waals surface area contributed by atoms with Gasteiger partial charge in [0.15, 0.2) is 17.5 Å². The monoisotopic (exact) mass is 957 g/mol. The highest BCUT2D eigenvalue weighted by molar-refractivity contribution is 6.13. The Balaban J connectivity index is 0.00000196. The Morgan fingerprint density at radius 3 is 1.13 bits per heavy atom. The summed E-state index contributed by atoms with van der Waals surface area (Å²) in [6.45, 7) is 1.43. The second kappa shape index (κ2) is 19.4. The molecule has 11 heteroatoms. The van der Waals surface area contributed by atoms with Crippen LogP contribution in [0.4, 0.5) is 0 Å². The third-order valence-corrected chi connectivity index (χ3v) is 13.1. The molecule has 0 aliphatic heterocycles. The number of rotatable bonds is 7. The molecule has 11 nitrogen and oxygen atoms in total. The molecule has 9 aromatic carbocycles. The first-order chi connectivity index (χ1) is 36.9. The van der Waals surface area contributed by atoms with Crippen molar-refractivity contribution in [3.8, 4) is 104 Å². The highest BCUT2D eigenvalue weighted by Crippen LogP contribution is 2.44.